The Morgan fingerprint density at radius 3 is 3.12 bits per heavy atom. The second kappa shape index (κ2) is 5.22. The second-order valence-corrected chi connectivity index (χ2v) is 4.72. The molecule has 0 radical (unpaired) electrons. The summed E-state index contributed by atoms with van der Waals surface area (Å²) in [6.07, 6.45) is 10.7. The topological polar surface area (TPSA) is 41.6 Å². The lowest BCUT2D eigenvalue weighted by molar-refractivity contribution is 0.449. The molecule has 1 aromatic heterocycles. The van der Waals surface area contributed by atoms with Gasteiger partial charge in [-0.15, -0.1) is 0 Å². The predicted molar refractivity (Wildman–Crippen MR) is 65.9 cm³/mol. The molecule has 2 rings (SSSR count). The Morgan fingerprint density at radius 1 is 1.56 bits per heavy atom. The standard InChI is InChI=1S/C12H15N3S/c13-6-2-4-10-3-1-5-11(10)12(16)15-8-7-14-9-15/h7-11H,1-5H2. The van der Waals surface area contributed by atoms with Crippen molar-refractivity contribution < 1.29 is 0 Å². The minimum atomic E-state index is 0.456. The van der Waals surface area contributed by atoms with Gasteiger partial charge >= 0.3 is 0 Å². The monoisotopic (exact) mass is 233 g/mol. The Balaban J connectivity index is 2.03. The van der Waals surface area contributed by atoms with Crippen LogP contribution in [0.4, 0.5) is 0 Å². The Labute approximate surface area is 101 Å². The summed E-state index contributed by atoms with van der Waals surface area (Å²) in [6.45, 7) is 0. The number of hydrogen-bond donors (Lipinski definition) is 0. The van der Waals surface area contributed by atoms with E-state index in [1.54, 1.807) is 12.5 Å². The molecule has 1 aliphatic carbocycles. The van der Waals surface area contributed by atoms with E-state index in [9.17, 15) is 0 Å². The van der Waals surface area contributed by atoms with Crippen LogP contribution in [-0.4, -0.2) is 14.5 Å². The van der Waals surface area contributed by atoms with Crippen molar-refractivity contribution >= 4 is 17.2 Å². The molecular formula is C12H15N3S. The maximum atomic E-state index is 8.64. The first-order valence-electron chi connectivity index (χ1n) is 5.72. The van der Waals surface area contributed by atoms with Crippen LogP contribution < -0.4 is 0 Å². The van der Waals surface area contributed by atoms with Crippen LogP contribution in [0.25, 0.3) is 0 Å². The molecule has 1 heterocycles. The minimum Gasteiger partial charge on any atom is -0.300 e. The fraction of sp³-hybridized carbons (Fsp3) is 0.583. The fourth-order valence-electron chi connectivity index (χ4n) is 2.54. The zero-order valence-electron chi connectivity index (χ0n) is 9.17. The van der Waals surface area contributed by atoms with Crippen LogP contribution in [0.3, 0.4) is 0 Å². The minimum absolute atomic E-state index is 0.456. The first-order chi connectivity index (χ1) is 7.83. The molecule has 0 amide bonds. The summed E-state index contributed by atoms with van der Waals surface area (Å²) in [4.78, 5) is 5.00. The van der Waals surface area contributed by atoms with E-state index in [2.05, 4.69) is 11.1 Å². The van der Waals surface area contributed by atoms with Crippen molar-refractivity contribution in [3.63, 3.8) is 0 Å². The van der Waals surface area contributed by atoms with Gasteiger partial charge in [0.1, 0.15) is 0 Å². The average Bonchev–Trinajstić information content (AvgIpc) is 2.96. The molecule has 1 saturated carbocycles. The maximum Gasteiger partial charge on any atom is 0.0995 e. The average molecular weight is 233 g/mol. The molecule has 0 N–H and O–H groups in total. The highest BCUT2D eigenvalue weighted by atomic mass is 32.1. The summed E-state index contributed by atoms with van der Waals surface area (Å²) in [5, 5.41) is 8.64. The van der Waals surface area contributed by atoms with E-state index < -0.39 is 0 Å². The van der Waals surface area contributed by atoms with Crippen LogP contribution in [0, 0.1) is 23.2 Å². The molecule has 1 fully saturated rings. The van der Waals surface area contributed by atoms with Gasteiger partial charge in [0.15, 0.2) is 0 Å². The van der Waals surface area contributed by atoms with E-state index in [0.717, 1.165) is 17.8 Å². The number of hydrogen-bond acceptors (Lipinski definition) is 3. The largest absolute Gasteiger partial charge is 0.300 e. The van der Waals surface area contributed by atoms with Crippen molar-refractivity contribution in [1.29, 1.82) is 5.26 Å². The fourth-order valence-corrected chi connectivity index (χ4v) is 2.96. The molecule has 0 spiro atoms. The van der Waals surface area contributed by atoms with Gasteiger partial charge in [-0.05, 0) is 25.2 Å². The van der Waals surface area contributed by atoms with E-state index in [1.807, 2.05) is 10.8 Å². The third-order valence-corrected chi connectivity index (χ3v) is 3.88. The Bertz CT molecular complexity index is 391. The van der Waals surface area contributed by atoms with E-state index in [-0.39, 0.29) is 0 Å². The number of aromatic nitrogens is 2. The molecule has 84 valence electrons. The Morgan fingerprint density at radius 2 is 2.44 bits per heavy atom. The Hall–Kier alpha value is -1.21. The van der Waals surface area contributed by atoms with Crippen molar-refractivity contribution in [2.75, 3.05) is 0 Å². The molecule has 0 bridgehead atoms. The van der Waals surface area contributed by atoms with Crippen molar-refractivity contribution in [1.82, 2.24) is 9.55 Å². The van der Waals surface area contributed by atoms with E-state index in [1.165, 1.54) is 12.8 Å². The lowest BCUT2D eigenvalue weighted by Gasteiger charge is -2.19. The molecule has 0 aromatic carbocycles. The van der Waals surface area contributed by atoms with E-state index in [0.29, 0.717) is 18.3 Å². The summed E-state index contributed by atoms with van der Waals surface area (Å²) in [7, 11) is 0. The normalized spacial score (nSPS) is 24.2. The van der Waals surface area contributed by atoms with Gasteiger partial charge in [0.25, 0.3) is 0 Å². The number of nitriles is 1. The molecule has 3 nitrogen and oxygen atoms in total. The van der Waals surface area contributed by atoms with Gasteiger partial charge in [0.05, 0.1) is 17.4 Å². The van der Waals surface area contributed by atoms with Crippen LogP contribution in [0.2, 0.25) is 0 Å². The molecule has 1 aromatic rings. The molecule has 0 saturated heterocycles. The van der Waals surface area contributed by atoms with Crippen LogP contribution in [0.1, 0.15) is 32.1 Å². The summed E-state index contributed by atoms with van der Waals surface area (Å²) in [5.41, 5.74) is 0. The molecule has 0 aliphatic heterocycles. The van der Waals surface area contributed by atoms with Crippen molar-refractivity contribution in [3.8, 4) is 6.07 Å². The summed E-state index contributed by atoms with van der Waals surface area (Å²) in [6, 6.07) is 2.23. The van der Waals surface area contributed by atoms with Gasteiger partial charge in [-0.3, -0.25) is 0 Å². The number of rotatable bonds is 3. The van der Waals surface area contributed by atoms with E-state index >= 15 is 0 Å². The Kier molecular flexibility index (Phi) is 3.68. The highest BCUT2D eigenvalue weighted by Crippen LogP contribution is 2.36. The van der Waals surface area contributed by atoms with E-state index in [4.69, 9.17) is 17.5 Å². The lowest BCUT2D eigenvalue weighted by Crippen LogP contribution is -2.22. The molecule has 4 heteroatoms. The van der Waals surface area contributed by atoms with Crippen molar-refractivity contribution in [3.05, 3.63) is 18.7 Å². The number of thiocarbonyl (C=S) groups is 1. The van der Waals surface area contributed by atoms with Crippen molar-refractivity contribution in [2.24, 2.45) is 11.8 Å². The first-order valence-corrected chi connectivity index (χ1v) is 6.13. The molecular weight excluding hydrogens is 218 g/mol. The van der Waals surface area contributed by atoms with Gasteiger partial charge in [-0.2, -0.15) is 5.26 Å². The molecule has 16 heavy (non-hydrogen) atoms. The van der Waals surface area contributed by atoms with Crippen LogP contribution in [0.15, 0.2) is 18.7 Å². The molecule has 2 atom stereocenters. The quantitative estimate of drug-likeness (QED) is 0.754. The third-order valence-electron chi connectivity index (χ3n) is 3.36. The third kappa shape index (κ3) is 2.30. The highest BCUT2D eigenvalue weighted by Gasteiger charge is 2.30. The maximum absolute atomic E-state index is 8.64. The zero-order valence-corrected chi connectivity index (χ0v) is 9.99. The predicted octanol–water partition coefficient (Wildman–Crippen LogP) is 2.78. The second-order valence-electron chi connectivity index (χ2n) is 4.30. The smallest absolute Gasteiger partial charge is 0.0995 e. The van der Waals surface area contributed by atoms with Crippen LogP contribution >= 0.6 is 12.2 Å². The lowest BCUT2D eigenvalue weighted by atomic mass is 9.91. The van der Waals surface area contributed by atoms with Gasteiger partial charge in [0.2, 0.25) is 0 Å². The SMILES string of the molecule is N#CCCC1CCCC1C(=S)n1ccnc1. The van der Waals surface area contributed by atoms with Gasteiger partial charge in [-0.1, -0.05) is 18.6 Å². The van der Waals surface area contributed by atoms with Crippen LogP contribution in [0.5, 0.6) is 0 Å². The molecule has 2 unspecified atom stereocenters. The summed E-state index contributed by atoms with van der Waals surface area (Å²) < 4.78 is 1.94. The zero-order chi connectivity index (χ0) is 11.4. The first kappa shape index (κ1) is 11.3. The van der Waals surface area contributed by atoms with Gasteiger partial charge in [0, 0.05) is 24.7 Å². The summed E-state index contributed by atoms with van der Waals surface area (Å²) >= 11 is 5.50. The van der Waals surface area contributed by atoms with Gasteiger partial charge in [-0.25, -0.2) is 4.98 Å². The molecule has 1 aliphatic rings. The van der Waals surface area contributed by atoms with Gasteiger partial charge < -0.3 is 4.57 Å². The highest BCUT2D eigenvalue weighted by molar-refractivity contribution is 7.80. The number of imidazole rings is 1. The number of nitrogens with zero attached hydrogens (tertiary/aromatic N) is 3. The van der Waals surface area contributed by atoms with Crippen molar-refractivity contribution in [2.45, 2.75) is 32.1 Å². The van der Waals surface area contributed by atoms with Crippen LogP contribution in [-0.2, 0) is 0 Å². The summed E-state index contributed by atoms with van der Waals surface area (Å²) in [5.74, 6) is 1.05.